The van der Waals surface area contributed by atoms with E-state index >= 15 is 0 Å². The number of thiophene rings is 1. The first-order valence-electron chi connectivity index (χ1n) is 6.81. The molecule has 0 bridgehead atoms. The van der Waals surface area contributed by atoms with Crippen LogP contribution in [0.25, 0.3) is 0 Å². The van der Waals surface area contributed by atoms with Gasteiger partial charge in [0.15, 0.2) is 0 Å². The maximum Gasteiger partial charge on any atom is 0.0330 e. The second kappa shape index (κ2) is 6.53. The fourth-order valence-electron chi connectivity index (χ4n) is 2.60. The van der Waals surface area contributed by atoms with E-state index in [1.54, 1.807) is 10.4 Å². The molecule has 1 aliphatic heterocycles. The fraction of sp³-hybridized carbons (Fsp3) is 0.714. The molecule has 2 nitrogen and oxygen atoms in total. The SMILES string of the molecule is CCNCC1CCN(Cc2sccc2CC)C1. The van der Waals surface area contributed by atoms with Crippen LogP contribution in [0.2, 0.25) is 0 Å². The van der Waals surface area contributed by atoms with Gasteiger partial charge in [-0.1, -0.05) is 13.8 Å². The lowest BCUT2D eigenvalue weighted by molar-refractivity contribution is 0.316. The zero-order valence-corrected chi connectivity index (χ0v) is 11.9. The van der Waals surface area contributed by atoms with Crippen molar-refractivity contribution in [1.82, 2.24) is 10.2 Å². The van der Waals surface area contributed by atoms with Crippen LogP contribution in [0.1, 0.15) is 30.7 Å². The average Bonchev–Trinajstić information content (AvgIpc) is 2.96. The minimum absolute atomic E-state index is 0.861. The van der Waals surface area contributed by atoms with E-state index in [0.29, 0.717) is 0 Å². The van der Waals surface area contributed by atoms with Gasteiger partial charge in [0.2, 0.25) is 0 Å². The highest BCUT2D eigenvalue weighted by molar-refractivity contribution is 7.10. The Balaban J connectivity index is 1.81. The lowest BCUT2D eigenvalue weighted by Gasteiger charge is -2.16. The van der Waals surface area contributed by atoms with Crippen LogP contribution in [0, 0.1) is 5.92 Å². The van der Waals surface area contributed by atoms with Crippen molar-refractivity contribution in [2.45, 2.75) is 33.2 Å². The van der Waals surface area contributed by atoms with Crippen LogP contribution in [0.5, 0.6) is 0 Å². The van der Waals surface area contributed by atoms with E-state index < -0.39 is 0 Å². The summed E-state index contributed by atoms with van der Waals surface area (Å²) in [6.07, 6.45) is 2.54. The first-order valence-corrected chi connectivity index (χ1v) is 7.69. The van der Waals surface area contributed by atoms with Crippen molar-refractivity contribution in [3.63, 3.8) is 0 Å². The Hall–Kier alpha value is -0.380. The molecule has 1 N–H and O–H groups in total. The van der Waals surface area contributed by atoms with E-state index in [4.69, 9.17) is 0 Å². The molecule has 1 fully saturated rings. The highest BCUT2D eigenvalue weighted by atomic mass is 32.1. The minimum Gasteiger partial charge on any atom is -0.317 e. The first-order chi connectivity index (χ1) is 8.33. The minimum atomic E-state index is 0.861. The lowest BCUT2D eigenvalue weighted by Crippen LogP contribution is -2.26. The predicted octanol–water partition coefficient (Wildman–Crippen LogP) is 2.74. The summed E-state index contributed by atoms with van der Waals surface area (Å²) in [6.45, 7) is 10.4. The molecule has 1 aliphatic rings. The van der Waals surface area contributed by atoms with Gasteiger partial charge in [0.05, 0.1) is 0 Å². The summed E-state index contributed by atoms with van der Waals surface area (Å²) in [6, 6.07) is 2.28. The van der Waals surface area contributed by atoms with E-state index in [1.165, 1.54) is 39.0 Å². The Morgan fingerprint density at radius 1 is 1.47 bits per heavy atom. The highest BCUT2D eigenvalue weighted by Crippen LogP contribution is 2.23. The van der Waals surface area contributed by atoms with Crippen molar-refractivity contribution in [2.75, 3.05) is 26.2 Å². The van der Waals surface area contributed by atoms with Gasteiger partial charge in [0, 0.05) is 18.0 Å². The molecule has 0 saturated carbocycles. The Labute approximate surface area is 109 Å². The standard InChI is InChI=1S/C14H24N2S/c1-3-13-6-8-17-14(13)11-16-7-5-12(10-16)9-15-4-2/h6,8,12,15H,3-5,7,9-11H2,1-2H3. The molecule has 0 spiro atoms. The predicted molar refractivity (Wildman–Crippen MR) is 75.6 cm³/mol. The van der Waals surface area contributed by atoms with Crippen molar-refractivity contribution in [1.29, 1.82) is 0 Å². The summed E-state index contributed by atoms with van der Waals surface area (Å²) < 4.78 is 0. The van der Waals surface area contributed by atoms with Crippen molar-refractivity contribution in [3.05, 3.63) is 21.9 Å². The molecule has 1 aromatic heterocycles. The zero-order chi connectivity index (χ0) is 12.1. The molecule has 0 amide bonds. The third kappa shape index (κ3) is 3.54. The second-order valence-electron chi connectivity index (χ2n) is 4.92. The van der Waals surface area contributed by atoms with Gasteiger partial charge in [-0.2, -0.15) is 0 Å². The topological polar surface area (TPSA) is 15.3 Å². The van der Waals surface area contributed by atoms with Gasteiger partial charge >= 0.3 is 0 Å². The zero-order valence-electron chi connectivity index (χ0n) is 11.0. The molecule has 17 heavy (non-hydrogen) atoms. The quantitative estimate of drug-likeness (QED) is 0.837. The summed E-state index contributed by atoms with van der Waals surface area (Å²) in [7, 11) is 0. The molecule has 2 rings (SSSR count). The summed E-state index contributed by atoms with van der Waals surface area (Å²) >= 11 is 1.92. The summed E-state index contributed by atoms with van der Waals surface area (Å²) in [4.78, 5) is 4.20. The third-order valence-corrected chi connectivity index (χ3v) is 4.59. The van der Waals surface area contributed by atoms with E-state index in [0.717, 1.165) is 12.5 Å². The number of rotatable bonds is 6. The largest absolute Gasteiger partial charge is 0.317 e. The molecule has 1 unspecified atom stereocenters. The van der Waals surface area contributed by atoms with Crippen LogP contribution < -0.4 is 5.32 Å². The molecule has 2 heterocycles. The normalized spacial score (nSPS) is 21.2. The molecule has 0 aromatic carbocycles. The van der Waals surface area contributed by atoms with Gasteiger partial charge in [-0.15, -0.1) is 11.3 Å². The number of nitrogens with zero attached hydrogens (tertiary/aromatic N) is 1. The average molecular weight is 252 g/mol. The van der Waals surface area contributed by atoms with Gasteiger partial charge < -0.3 is 5.32 Å². The Morgan fingerprint density at radius 3 is 3.12 bits per heavy atom. The smallest absolute Gasteiger partial charge is 0.0330 e. The number of hydrogen-bond acceptors (Lipinski definition) is 3. The molecule has 3 heteroatoms. The van der Waals surface area contributed by atoms with Crippen LogP contribution in [0.15, 0.2) is 11.4 Å². The Morgan fingerprint density at radius 2 is 2.35 bits per heavy atom. The van der Waals surface area contributed by atoms with Crippen LogP contribution in [-0.2, 0) is 13.0 Å². The van der Waals surface area contributed by atoms with E-state index in [9.17, 15) is 0 Å². The van der Waals surface area contributed by atoms with Crippen LogP contribution >= 0.6 is 11.3 Å². The van der Waals surface area contributed by atoms with Gasteiger partial charge in [0.25, 0.3) is 0 Å². The number of likely N-dealkylation sites (tertiary alicyclic amines) is 1. The van der Waals surface area contributed by atoms with Crippen molar-refractivity contribution < 1.29 is 0 Å². The van der Waals surface area contributed by atoms with Crippen molar-refractivity contribution >= 4 is 11.3 Å². The summed E-state index contributed by atoms with van der Waals surface area (Å²) in [5.74, 6) is 0.861. The lowest BCUT2D eigenvalue weighted by atomic mass is 10.1. The van der Waals surface area contributed by atoms with Crippen LogP contribution in [0.3, 0.4) is 0 Å². The van der Waals surface area contributed by atoms with E-state index in [2.05, 4.69) is 35.5 Å². The van der Waals surface area contributed by atoms with Crippen LogP contribution in [0.4, 0.5) is 0 Å². The first kappa shape index (κ1) is 13.1. The summed E-state index contributed by atoms with van der Waals surface area (Å²) in [5, 5.41) is 5.70. The summed E-state index contributed by atoms with van der Waals surface area (Å²) in [5.41, 5.74) is 1.55. The molecule has 1 atom stereocenters. The van der Waals surface area contributed by atoms with Crippen molar-refractivity contribution in [3.8, 4) is 0 Å². The number of hydrogen-bond donors (Lipinski definition) is 1. The molecular formula is C14H24N2S. The Kier molecular flexibility index (Phi) is 5.01. The molecule has 1 aromatic rings. The Bertz CT molecular complexity index is 335. The van der Waals surface area contributed by atoms with E-state index in [1.807, 2.05) is 11.3 Å². The fourth-order valence-corrected chi connectivity index (χ4v) is 3.61. The number of aryl methyl sites for hydroxylation is 1. The molecule has 1 saturated heterocycles. The highest BCUT2D eigenvalue weighted by Gasteiger charge is 2.22. The second-order valence-corrected chi connectivity index (χ2v) is 5.92. The maximum atomic E-state index is 3.47. The van der Waals surface area contributed by atoms with Gasteiger partial charge in [-0.05, 0) is 55.4 Å². The molecular weight excluding hydrogens is 228 g/mol. The molecule has 0 aliphatic carbocycles. The van der Waals surface area contributed by atoms with Gasteiger partial charge in [-0.25, -0.2) is 0 Å². The van der Waals surface area contributed by atoms with E-state index in [-0.39, 0.29) is 0 Å². The van der Waals surface area contributed by atoms with Crippen molar-refractivity contribution in [2.24, 2.45) is 5.92 Å². The monoisotopic (exact) mass is 252 g/mol. The molecule has 0 radical (unpaired) electrons. The van der Waals surface area contributed by atoms with Crippen LogP contribution in [-0.4, -0.2) is 31.1 Å². The third-order valence-electron chi connectivity index (χ3n) is 3.64. The molecule has 96 valence electrons. The van der Waals surface area contributed by atoms with Gasteiger partial charge in [0.1, 0.15) is 0 Å². The van der Waals surface area contributed by atoms with Gasteiger partial charge in [-0.3, -0.25) is 4.90 Å². The number of nitrogens with one attached hydrogen (secondary N) is 1. The maximum absolute atomic E-state index is 3.47.